The van der Waals surface area contributed by atoms with E-state index in [4.69, 9.17) is 20.9 Å². The zero-order chi connectivity index (χ0) is 19.9. The summed E-state index contributed by atoms with van der Waals surface area (Å²) in [6, 6.07) is 7.11. The maximum atomic E-state index is 12.1. The number of anilines is 2. The lowest BCUT2D eigenvalue weighted by Gasteiger charge is -2.35. The van der Waals surface area contributed by atoms with Crippen molar-refractivity contribution in [2.75, 3.05) is 63.1 Å². The van der Waals surface area contributed by atoms with Gasteiger partial charge in [0.05, 0.1) is 25.1 Å². The molecule has 0 bridgehead atoms. The van der Waals surface area contributed by atoms with Crippen molar-refractivity contribution in [3.63, 3.8) is 0 Å². The van der Waals surface area contributed by atoms with Gasteiger partial charge in [-0.3, -0.25) is 9.69 Å². The van der Waals surface area contributed by atoms with E-state index in [9.17, 15) is 4.79 Å². The van der Waals surface area contributed by atoms with Crippen LogP contribution in [0.15, 0.2) is 30.5 Å². The Balaban J connectivity index is 1.79. The van der Waals surface area contributed by atoms with E-state index in [0.717, 1.165) is 31.7 Å². The molecule has 1 aromatic carbocycles. The van der Waals surface area contributed by atoms with Crippen LogP contribution in [0.25, 0.3) is 11.3 Å². The van der Waals surface area contributed by atoms with E-state index in [1.807, 2.05) is 6.07 Å². The summed E-state index contributed by atoms with van der Waals surface area (Å²) in [5, 5.41) is 20.6. The van der Waals surface area contributed by atoms with Crippen LogP contribution in [-0.4, -0.2) is 83.5 Å². The molecule has 1 aromatic heterocycles. The van der Waals surface area contributed by atoms with Gasteiger partial charge in [-0.15, -0.1) is 0 Å². The molecule has 3 rings (SSSR count). The molecule has 28 heavy (non-hydrogen) atoms. The van der Waals surface area contributed by atoms with Gasteiger partial charge < -0.3 is 26.2 Å². The Labute approximate surface area is 163 Å². The Hall–Kier alpha value is -2.75. The summed E-state index contributed by atoms with van der Waals surface area (Å²) < 4.78 is 0. The van der Waals surface area contributed by atoms with Crippen LogP contribution >= 0.6 is 0 Å². The number of β-amino-alcohol motifs (C(OH)–C–C–N with tert-alkyl or cyclic N) is 1. The van der Waals surface area contributed by atoms with Gasteiger partial charge in [-0.05, 0) is 12.1 Å². The van der Waals surface area contributed by atoms with Gasteiger partial charge in [-0.2, -0.15) is 0 Å². The number of piperazine rings is 1. The summed E-state index contributed by atoms with van der Waals surface area (Å²) in [4.78, 5) is 25.4. The Bertz CT molecular complexity index is 808. The lowest BCUT2D eigenvalue weighted by molar-refractivity contribution is 0.0945. The van der Waals surface area contributed by atoms with Crippen molar-refractivity contribution in [3.05, 3.63) is 36.0 Å². The number of aliphatic hydroxyl groups is 2. The molecule has 9 nitrogen and oxygen atoms in total. The molecule has 0 unspecified atom stereocenters. The summed E-state index contributed by atoms with van der Waals surface area (Å²) in [7, 11) is 0. The second-order valence-corrected chi connectivity index (χ2v) is 6.58. The van der Waals surface area contributed by atoms with Gasteiger partial charge in [0.15, 0.2) is 11.6 Å². The van der Waals surface area contributed by atoms with E-state index < -0.39 is 0 Å². The van der Waals surface area contributed by atoms with Crippen LogP contribution in [0.4, 0.5) is 11.6 Å². The zero-order valence-electron chi connectivity index (χ0n) is 15.7. The first-order valence-electron chi connectivity index (χ1n) is 9.32. The van der Waals surface area contributed by atoms with Crippen LogP contribution in [0.5, 0.6) is 0 Å². The Morgan fingerprint density at radius 2 is 1.96 bits per heavy atom. The average molecular weight is 386 g/mol. The minimum absolute atomic E-state index is 0.107. The van der Waals surface area contributed by atoms with Crippen molar-refractivity contribution < 1.29 is 15.0 Å². The third-order valence-electron chi connectivity index (χ3n) is 4.69. The molecule has 0 aliphatic carbocycles. The SMILES string of the molecule is Nc1ncc(-c2cccc(C(=O)NCCO)c2)nc1N1CCN(CCO)CC1. The first-order chi connectivity index (χ1) is 13.6. The van der Waals surface area contributed by atoms with Crippen LogP contribution in [-0.2, 0) is 0 Å². The summed E-state index contributed by atoms with van der Waals surface area (Å²) >= 11 is 0. The molecule has 0 radical (unpaired) electrons. The number of hydrogen-bond acceptors (Lipinski definition) is 8. The number of nitrogens with two attached hydrogens (primary N) is 1. The molecule has 2 heterocycles. The number of nitrogens with one attached hydrogen (secondary N) is 1. The fourth-order valence-corrected chi connectivity index (χ4v) is 3.18. The van der Waals surface area contributed by atoms with Crippen molar-refractivity contribution in [3.8, 4) is 11.3 Å². The molecular weight excluding hydrogens is 360 g/mol. The quantitative estimate of drug-likeness (QED) is 0.504. The molecule has 0 saturated carbocycles. The number of amides is 1. The maximum absolute atomic E-state index is 12.1. The fourth-order valence-electron chi connectivity index (χ4n) is 3.18. The van der Waals surface area contributed by atoms with Crippen molar-refractivity contribution in [1.82, 2.24) is 20.2 Å². The van der Waals surface area contributed by atoms with Gasteiger partial charge in [0.1, 0.15) is 0 Å². The number of hydrogen-bond donors (Lipinski definition) is 4. The van der Waals surface area contributed by atoms with E-state index in [1.165, 1.54) is 0 Å². The van der Waals surface area contributed by atoms with Crippen molar-refractivity contribution in [2.24, 2.45) is 0 Å². The van der Waals surface area contributed by atoms with Crippen molar-refractivity contribution in [2.45, 2.75) is 0 Å². The number of carbonyl (C=O) groups is 1. The highest BCUT2D eigenvalue weighted by Gasteiger charge is 2.20. The van der Waals surface area contributed by atoms with Crippen molar-refractivity contribution >= 4 is 17.5 Å². The summed E-state index contributed by atoms with van der Waals surface area (Å²) in [6.45, 7) is 4.08. The van der Waals surface area contributed by atoms with Crippen LogP contribution in [0.3, 0.4) is 0 Å². The molecule has 2 aromatic rings. The van der Waals surface area contributed by atoms with Gasteiger partial charge >= 0.3 is 0 Å². The summed E-state index contributed by atoms with van der Waals surface area (Å²) in [5.74, 6) is 0.756. The number of carbonyl (C=O) groups excluding carboxylic acids is 1. The maximum Gasteiger partial charge on any atom is 0.251 e. The van der Waals surface area contributed by atoms with Crippen LogP contribution in [0, 0.1) is 0 Å². The highest BCUT2D eigenvalue weighted by Crippen LogP contribution is 2.25. The molecule has 1 amide bonds. The first-order valence-corrected chi connectivity index (χ1v) is 9.32. The highest BCUT2D eigenvalue weighted by atomic mass is 16.3. The molecule has 1 aliphatic heterocycles. The van der Waals surface area contributed by atoms with E-state index in [-0.39, 0.29) is 25.7 Å². The van der Waals surface area contributed by atoms with E-state index in [2.05, 4.69) is 20.1 Å². The van der Waals surface area contributed by atoms with Gasteiger partial charge in [0, 0.05) is 50.4 Å². The number of aliphatic hydroxyl groups excluding tert-OH is 2. The molecular formula is C19H26N6O3. The summed E-state index contributed by atoms with van der Waals surface area (Å²) in [5.41, 5.74) is 7.96. The molecule has 150 valence electrons. The van der Waals surface area contributed by atoms with E-state index in [1.54, 1.807) is 24.4 Å². The first kappa shape index (κ1) is 20.0. The lowest BCUT2D eigenvalue weighted by atomic mass is 10.1. The van der Waals surface area contributed by atoms with Gasteiger partial charge in [0.2, 0.25) is 0 Å². The monoisotopic (exact) mass is 386 g/mol. The molecule has 0 atom stereocenters. The van der Waals surface area contributed by atoms with Gasteiger partial charge in [-0.1, -0.05) is 12.1 Å². The largest absolute Gasteiger partial charge is 0.395 e. The highest BCUT2D eigenvalue weighted by molar-refractivity contribution is 5.95. The topological polar surface area (TPSA) is 128 Å². The second-order valence-electron chi connectivity index (χ2n) is 6.58. The smallest absolute Gasteiger partial charge is 0.251 e. The molecule has 5 N–H and O–H groups in total. The van der Waals surface area contributed by atoms with Crippen LogP contribution in [0.1, 0.15) is 10.4 Å². The normalized spacial score (nSPS) is 14.9. The standard InChI is InChI=1S/C19H26N6O3/c20-17-18(25-7-5-24(6-8-25)9-11-27)23-16(13-22-17)14-2-1-3-15(12-14)19(28)21-4-10-26/h1-3,12-13,26-27H,4-11H2,(H2,20,22)(H,21,28). The Morgan fingerprint density at radius 3 is 2.68 bits per heavy atom. The van der Waals surface area contributed by atoms with Crippen LogP contribution < -0.4 is 16.0 Å². The third-order valence-corrected chi connectivity index (χ3v) is 4.69. The fraction of sp³-hybridized carbons (Fsp3) is 0.421. The number of nitrogens with zero attached hydrogens (tertiary/aromatic N) is 4. The second kappa shape index (κ2) is 9.45. The number of benzene rings is 1. The van der Waals surface area contributed by atoms with E-state index >= 15 is 0 Å². The Kier molecular flexibility index (Phi) is 6.75. The van der Waals surface area contributed by atoms with E-state index in [0.29, 0.717) is 29.4 Å². The predicted octanol–water partition coefficient (Wildman–Crippen LogP) is -0.438. The van der Waals surface area contributed by atoms with Crippen molar-refractivity contribution in [1.29, 1.82) is 0 Å². The molecule has 1 saturated heterocycles. The summed E-state index contributed by atoms with van der Waals surface area (Å²) in [6.07, 6.45) is 1.60. The van der Waals surface area contributed by atoms with Crippen LogP contribution in [0.2, 0.25) is 0 Å². The zero-order valence-corrected chi connectivity index (χ0v) is 15.7. The average Bonchev–Trinajstić information content (AvgIpc) is 2.73. The predicted molar refractivity (Wildman–Crippen MR) is 107 cm³/mol. The minimum Gasteiger partial charge on any atom is -0.395 e. The van der Waals surface area contributed by atoms with Gasteiger partial charge in [0.25, 0.3) is 5.91 Å². The number of nitrogen functional groups attached to an aromatic ring is 1. The number of rotatable bonds is 7. The lowest BCUT2D eigenvalue weighted by Crippen LogP contribution is -2.47. The third kappa shape index (κ3) is 4.75. The molecule has 1 fully saturated rings. The molecule has 9 heteroatoms. The van der Waals surface area contributed by atoms with Gasteiger partial charge in [-0.25, -0.2) is 9.97 Å². The molecule has 1 aliphatic rings. The Morgan fingerprint density at radius 1 is 1.18 bits per heavy atom. The minimum atomic E-state index is -0.250. The number of aromatic nitrogens is 2. The molecule has 0 spiro atoms.